The third-order valence-corrected chi connectivity index (χ3v) is 2.15. The van der Waals surface area contributed by atoms with Gasteiger partial charge in [0.05, 0.1) is 5.02 Å². The van der Waals surface area contributed by atoms with Crippen LogP contribution in [0.25, 0.3) is 10.9 Å². The number of hydrogen-bond donors (Lipinski definition) is 1. The molecule has 0 radical (unpaired) electrons. The monoisotopic (exact) mass is 214 g/mol. The Morgan fingerprint density at radius 3 is 2.77 bits per heavy atom. The third-order valence-electron chi connectivity index (χ3n) is 1.82. The van der Waals surface area contributed by atoms with Crippen molar-refractivity contribution < 1.29 is 17.4 Å². The predicted molar refractivity (Wildman–Crippen MR) is 49.9 cm³/mol. The van der Waals surface area contributed by atoms with E-state index >= 15 is 0 Å². The molecule has 2 rings (SSSR count). The van der Waals surface area contributed by atoms with E-state index < -0.39 is 0 Å². The SMILES string of the molecule is Nc1c(Cl)ccc2ccc[nH+]c12.[Cl-]. The molecule has 4 heteroatoms. The molecular formula is C9H8Cl2N2. The maximum absolute atomic E-state index is 5.84. The van der Waals surface area contributed by atoms with Crippen LogP contribution >= 0.6 is 11.6 Å². The Hall–Kier alpha value is -0.990. The molecule has 1 aromatic heterocycles. The molecule has 0 atom stereocenters. The number of rotatable bonds is 0. The predicted octanol–water partition coefficient (Wildman–Crippen LogP) is -1.11. The zero-order valence-corrected chi connectivity index (χ0v) is 8.23. The highest BCUT2D eigenvalue weighted by atomic mass is 35.5. The fourth-order valence-electron chi connectivity index (χ4n) is 1.19. The molecule has 0 aliphatic rings. The Balaban J connectivity index is 0.000000845. The number of nitrogen functional groups attached to an aromatic ring is 1. The van der Waals surface area contributed by atoms with Crippen LogP contribution in [0.4, 0.5) is 5.69 Å². The van der Waals surface area contributed by atoms with Gasteiger partial charge in [-0.25, -0.2) is 4.98 Å². The van der Waals surface area contributed by atoms with Crippen molar-refractivity contribution in [3.8, 4) is 0 Å². The van der Waals surface area contributed by atoms with E-state index in [1.807, 2.05) is 24.4 Å². The summed E-state index contributed by atoms with van der Waals surface area (Å²) in [5.74, 6) is 0. The van der Waals surface area contributed by atoms with Crippen LogP contribution in [0.2, 0.25) is 5.02 Å². The van der Waals surface area contributed by atoms with E-state index in [-0.39, 0.29) is 12.4 Å². The fourth-order valence-corrected chi connectivity index (χ4v) is 1.35. The first-order chi connectivity index (χ1) is 5.79. The topological polar surface area (TPSA) is 40.2 Å². The molecule has 0 saturated heterocycles. The van der Waals surface area contributed by atoms with E-state index in [9.17, 15) is 0 Å². The molecule has 1 heterocycles. The molecule has 0 spiro atoms. The molecule has 0 saturated carbocycles. The minimum absolute atomic E-state index is 0. The molecule has 13 heavy (non-hydrogen) atoms. The van der Waals surface area contributed by atoms with Crippen molar-refractivity contribution >= 4 is 28.2 Å². The smallest absolute Gasteiger partial charge is 0.235 e. The van der Waals surface area contributed by atoms with Gasteiger partial charge in [0.1, 0.15) is 5.69 Å². The van der Waals surface area contributed by atoms with E-state index in [0.29, 0.717) is 10.7 Å². The first-order valence-corrected chi connectivity index (χ1v) is 4.01. The molecule has 0 aliphatic carbocycles. The van der Waals surface area contributed by atoms with Gasteiger partial charge in [-0.05, 0) is 18.2 Å². The Kier molecular flexibility index (Phi) is 2.96. The number of aromatic nitrogens is 1. The highest BCUT2D eigenvalue weighted by Gasteiger charge is 2.06. The summed E-state index contributed by atoms with van der Waals surface area (Å²) >= 11 is 5.84. The molecule has 2 aromatic rings. The standard InChI is InChI=1S/C9H7ClN2.ClH/c10-7-4-3-6-2-1-5-12-9(6)8(7)11;/h1-5H,11H2;1H. The van der Waals surface area contributed by atoms with Gasteiger partial charge in [0.15, 0.2) is 6.20 Å². The number of nitrogens with one attached hydrogen (secondary N) is 1. The number of fused-ring (bicyclic) bond motifs is 1. The van der Waals surface area contributed by atoms with Gasteiger partial charge in [0.2, 0.25) is 5.52 Å². The van der Waals surface area contributed by atoms with E-state index in [0.717, 1.165) is 10.9 Å². The van der Waals surface area contributed by atoms with Crippen LogP contribution < -0.4 is 23.1 Å². The zero-order valence-electron chi connectivity index (χ0n) is 6.72. The summed E-state index contributed by atoms with van der Waals surface area (Å²) in [4.78, 5) is 3.05. The summed E-state index contributed by atoms with van der Waals surface area (Å²) in [6.07, 6.45) is 1.83. The van der Waals surface area contributed by atoms with Crippen LogP contribution in [0.5, 0.6) is 0 Å². The first-order valence-electron chi connectivity index (χ1n) is 3.63. The van der Waals surface area contributed by atoms with Gasteiger partial charge < -0.3 is 18.1 Å². The van der Waals surface area contributed by atoms with Crippen LogP contribution in [-0.4, -0.2) is 0 Å². The lowest BCUT2D eigenvalue weighted by Crippen LogP contribution is -3.00. The van der Waals surface area contributed by atoms with Crippen molar-refractivity contribution in [3.05, 3.63) is 35.5 Å². The molecule has 0 fully saturated rings. The maximum Gasteiger partial charge on any atom is 0.235 e. The average Bonchev–Trinajstić information content (AvgIpc) is 2.12. The second-order valence-corrected chi connectivity index (χ2v) is 3.00. The van der Waals surface area contributed by atoms with Gasteiger partial charge >= 0.3 is 0 Å². The van der Waals surface area contributed by atoms with E-state index in [1.54, 1.807) is 6.07 Å². The van der Waals surface area contributed by atoms with Crippen molar-refractivity contribution in [1.29, 1.82) is 0 Å². The minimum Gasteiger partial charge on any atom is -1.00 e. The summed E-state index contributed by atoms with van der Waals surface area (Å²) in [6, 6.07) is 7.64. The first kappa shape index (κ1) is 10.1. The number of anilines is 1. The number of pyridine rings is 1. The number of nitrogens with two attached hydrogens (primary N) is 1. The van der Waals surface area contributed by atoms with Crippen LogP contribution in [-0.2, 0) is 0 Å². The van der Waals surface area contributed by atoms with Crippen LogP contribution in [0.3, 0.4) is 0 Å². The van der Waals surface area contributed by atoms with E-state index in [4.69, 9.17) is 17.3 Å². The number of hydrogen-bond acceptors (Lipinski definition) is 1. The largest absolute Gasteiger partial charge is 1.00 e. The Morgan fingerprint density at radius 1 is 1.23 bits per heavy atom. The molecule has 1 aromatic carbocycles. The van der Waals surface area contributed by atoms with Gasteiger partial charge in [0, 0.05) is 11.5 Å². The van der Waals surface area contributed by atoms with Crippen LogP contribution in [0.15, 0.2) is 30.5 Å². The zero-order chi connectivity index (χ0) is 8.55. The Morgan fingerprint density at radius 2 is 2.00 bits per heavy atom. The second-order valence-electron chi connectivity index (χ2n) is 2.60. The molecule has 0 amide bonds. The lowest BCUT2D eigenvalue weighted by atomic mass is 10.2. The van der Waals surface area contributed by atoms with Gasteiger partial charge in [-0.3, -0.25) is 0 Å². The summed E-state index contributed by atoms with van der Waals surface area (Å²) in [5, 5.41) is 1.66. The number of H-pyrrole nitrogens is 1. The van der Waals surface area contributed by atoms with Crippen molar-refractivity contribution in [3.63, 3.8) is 0 Å². The van der Waals surface area contributed by atoms with Gasteiger partial charge in [0.25, 0.3) is 0 Å². The van der Waals surface area contributed by atoms with Crippen LogP contribution in [0.1, 0.15) is 0 Å². The second kappa shape index (κ2) is 3.81. The van der Waals surface area contributed by atoms with Gasteiger partial charge in [-0.1, -0.05) is 11.6 Å². The van der Waals surface area contributed by atoms with Gasteiger partial charge in [-0.2, -0.15) is 0 Å². The number of halogens is 2. The van der Waals surface area contributed by atoms with Crippen molar-refractivity contribution in [2.24, 2.45) is 0 Å². The molecular weight excluding hydrogens is 207 g/mol. The maximum atomic E-state index is 5.84. The highest BCUT2D eigenvalue weighted by molar-refractivity contribution is 6.34. The van der Waals surface area contributed by atoms with Crippen LogP contribution in [0, 0.1) is 0 Å². The average molecular weight is 215 g/mol. The third kappa shape index (κ3) is 1.69. The van der Waals surface area contributed by atoms with Crippen molar-refractivity contribution in [2.75, 3.05) is 5.73 Å². The molecule has 3 N–H and O–H groups in total. The quantitative estimate of drug-likeness (QED) is 0.556. The summed E-state index contributed by atoms with van der Waals surface area (Å²) in [5.41, 5.74) is 7.25. The summed E-state index contributed by atoms with van der Waals surface area (Å²) in [7, 11) is 0. The summed E-state index contributed by atoms with van der Waals surface area (Å²) < 4.78 is 0. The number of aromatic amines is 1. The molecule has 0 bridgehead atoms. The lowest BCUT2D eigenvalue weighted by Gasteiger charge is -1.96. The van der Waals surface area contributed by atoms with Crippen molar-refractivity contribution in [2.45, 2.75) is 0 Å². The normalized spacial score (nSPS) is 9.62. The Labute approximate surface area is 87.1 Å². The van der Waals surface area contributed by atoms with E-state index in [2.05, 4.69) is 4.98 Å². The fraction of sp³-hybridized carbons (Fsp3) is 0. The number of benzene rings is 1. The van der Waals surface area contributed by atoms with Crippen molar-refractivity contribution in [1.82, 2.24) is 0 Å². The lowest BCUT2D eigenvalue weighted by molar-refractivity contribution is -0.344. The molecule has 68 valence electrons. The minimum atomic E-state index is 0. The Bertz CT molecular complexity index is 429. The molecule has 0 aliphatic heterocycles. The molecule has 2 nitrogen and oxygen atoms in total. The summed E-state index contributed by atoms with van der Waals surface area (Å²) in [6.45, 7) is 0. The van der Waals surface area contributed by atoms with E-state index in [1.165, 1.54) is 0 Å². The molecule has 0 unspecified atom stereocenters. The highest BCUT2D eigenvalue weighted by Crippen LogP contribution is 2.24. The van der Waals surface area contributed by atoms with Gasteiger partial charge in [-0.15, -0.1) is 0 Å².